The van der Waals surface area contributed by atoms with E-state index in [1.165, 1.54) is 27.5 Å². The van der Waals surface area contributed by atoms with Crippen molar-refractivity contribution in [1.29, 1.82) is 0 Å². The molecule has 0 N–H and O–H groups in total. The highest BCUT2D eigenvalue weighted by Crippen LogP contribution is 2.34. The molecule has 1 aromatic heterocycles. The summed E-state index contributed by atoms with van der Waals surface area (Å²) in [6.45, 7) is 4.84. The monoisotopic (exact) mass is 605 g/mol. The van der Waals surface area contributed by atoms with Gasteiger partial charge in [0.15, 0.2) is 5.82 Å². The summed E-state index contributed by atoms with van der Waals surface area (Å²) in [4.78, 5) is 14.8. The first-order valence-corrected chi connectivity index (χ1v) is 16.1. The van der Waals surface area contributed by atoms with E-state index in [1.807, 2.05) is 26.1 Å². The predicted octanol–water partition coefficient (Wildman–Crippen LogP) is 11.5. The van der Waals surface area contributed by atoms with Crippen molar-refractivity contribution in [1.82, 2.24) is 9.97 Å². The van der Waals surface area contributed by atoms with Crippen molar-refractivity contribution in [2.75, 3.05) is 6.54 Å². The van der Waals surface area contributed by atoms with Crippen LogP contribution in [0.1, 0.15) is 19.4 Å². The normalized spacial score (nSPS) is 11.7. The number of rotatable bonds is 8. The van der Waals surface area contributed by atoms with Crippen LogP contribution in [0, 0.1) is 0 Å². The lowest BCUT2D eigenvalue weighted by Crippen LogP contribution is -1.97. The number of hydrogen-bond donors (Lipinski definition) is 0. The Bertz CT molecular complexity index is 2220. The lowest BCUT2D eigenvalue weighted by atomic mass is 9.96. The van der Waals surface area contributed by atoms with Gasteiger partial charge < -0.3 is 0 Å². The number of fused-ring (bicyclic) bond motifs is 1. The van der Waals surface area contributed by atoms with Gasteiger partial charge in [0.05, 0.1) is 11.4 Å². The Morgan fingerprint density at radius 2 is 1.17 bits per heavy atom. The number of hydrogen-bond acceptors (Lipinski definition) is 3. The topological polar surface area (TPSA) is 38.1 Å². The first kappa shape index (κ1) is 29.8. The van der Waals surface area contributed by atoms with Gasteiger partial charge in [-0.1, -0.05) is 140 Å². The van der Waals surface area contributed by atoms with Crippen molar-refractivity contribution < 1.29 is 0 Å². The van der Waals surface area contributed by atoms with Gasteiger partial charge in [0.25, 0.3) is 0 Å². The van der Waals surface area contributed by atoms with Gasteiger partial charge in [0.1, 0.15) is 0 Å². The van der Waals surface area contributed by atoms with Crippen LogP contribution in [-0.2, 0) is 0 Å². The summed E-state index contributed by atoms with van der Waals surface area (Å²) in [5.74, 6) is 0.691. The minimum absolute atomic E-state index is 0.691. The fourth-order valence-corrected chi connectivity index (χ4v) is 6.00. The van der Waals surface area contributed by atoms with Gasteiger partial charge in [-0.15, -0.1) is 0 Å². The first-order valence-electron chi connectivity index (χ1n) is 16.1. The van der Waals surface area contributed by atoms with Crippen molar-refractivity contribution in [3.8, 4) is 56.2 Å². The zero-order chi connectivity index (χ0) is 32.0. The average Bonchev–Trinajstić information content (AvgIpc) is 3.15. The second-order valence-electron chi connectivity index (χ2n) is 11.5. The van der Waals surface area contributed by atoms with Crippen LogP contribution in [0.4, 0.5) is 0 Å². The number of benzene rings is 6. The fourth-order valence-electron chi connectivity index (χ4n) is 6.00. The van der Waals surface area contributed by atoms with Gasteiger partial charge in [-0.2, -0.15) is 0 Å². The molecular formula is C44H35N3. The van der Waals surface area contributed by atoms with E-state index >= 15 is 0 Å². The maximum atomic E-state index is 5.19. The summed E-state index contributed by atoms with van der Waals surface area (Å²) in [6, 6.07) is 53.3. The average molecular weight is 606 g/mol. The van der Waals surface area contributed by atoms with Gasteiger partial charge in [-0.05, 0) is 76.2 Å². The van der Waals surface area contributed by atoms with Gasteiger partial charge in [0.2, 0.25) is 0 Å². The molecule has 226 valence electrons. The lowest BCUT2D eigenvalue weighted by Gasteiger charge is -2.12. The summed E-state index contributed by atoms with van der Waals surface area (Å²) in [5, 5.41) is 2.45. The Morgan fingerprint density at radius 3 is 1.98 bits per heavy atom. The third-order valence-electron chi connectivity index (χ3n) is 8.45. The number of aromatic nitrogens is 2. The van der Waals surface area contributed by atoms with Crippen LogP contribution in [0.2, 0.25) is 0 Å². The molecule has 0 spiro atoms. The van der Waals surface area contributed by atoms with E-state index in [0.29, 0.717) is 5.82 Å². The van der Waals surface area contributed by atoms with Gasteiger partial charge in [-0.25, -0.2) is 9.97 Å². The van der Waals surface area contributed by atoms with E-state index < -0.39 is 0 Å². The van der Waals surface area contributed by atoms with Crippen LogP contribution < -0.4 is 0 Å². The quantitative estimate of drug-likeness (QED) is 0.162. The second-order valence-corrected chi connectivity index (χ2v) is 11.5. The van der Waals surface area contributed by atoms with Gasteiger partial charge in [-0.3, -0.25) is 4.99 Å². The van der Waals surface area contributed by atoms with Crippen LogP contribution >= 0.6 is 0 Å². The molecule has 0 atom stereocenters. The molecular weight excluding hydrogens is 571 g/mol. The molecule has 0 amide bonds. The molecule has 0 saturated carbocycles. The Morgan fingerprint density at radius 1 is 0.553 bits per heavy atom. The zero-order valence-corrected chi connectivity index (χ0v) is 26.6. The lowest BCUT2D eigenvalue weighted by molar-refractivity contribution is 1.14. The molecule has 7 aromatic rings. The van der Waals surface area contributed by atoms with E-state index in [2.05, 4.69) is 157 Å². The molecule has 0 aliphatic rings. The molecule has 0 saturated heterocycles. The molecule has 47 heavy (non-hydrogen) atoms. The van der Waals surface area contributed by atoms with E-state index in [-0.39, 0.29) is 0 Å². The van der Waals surface area contributed by atoms with Crippen LogP contribution in [0.5, 0.6) is 0 Å². The van der Waals surface area contributed by atoms with Crippen LogP contribution in [0.3, 0.4) is 0 Å². The molecule has 0 radical (unpaired) electrons. The second kappa shape index (κ2) is 13.6. The molecule has 0 aliphatic heterocycles. The first-order chi connectivity index (χ1) is 23.2. The smallest absolute Gasteiger partial charge is 0.160 e. The van der Waals surface area contributed by atoms with Crippen LogP contribution in [0.25, 0.3) is 72.5 Å². The maximum absolute atomic E-state index is 5.19. The Balaban J connectivity index is 1.36. The molecule has 0 unspecified atom stereocenters. The summed E-state index contributed by atoms with van der Waals surface area (Å²) >= 11 is 0. The SMILES string of the molecule is C/C=C(\C=NCC)c1cccc(-c2cc(-c3ccc(-c4ccccc4)cc3)nc(-c3cccc(-c4cccc5ccccc45)c3)n2)c1. The molecule has 0 aliphatic carbocycles. The molecule has 6 aromatic carbocycles. The maximum Gasteiger partial charge on any atom is 0.160 e. The summed E-state index contributed by atoms with van der Waals surface area (Å²) < 4.78 is 0. The van der Waals surface area contributed by atoms with Crippen molar-refractivity contribution in [2.24, 2.45) is 4.99 Å². The third-order valence-corrected chi connectivity index (χ3v) is 8.45. The Labute approximate surface area is 276 Å². The van der Waals surface area contributed by atoms with E-state index in [9.17, 15) is 0 Å². The van der Waals surface area contributed by atoms with E-state index in [0.717, 1.165) is 51.3 Å². The molecule has 3 heteroatoms. The van der Waals surface area contributed by atoms with Crippen molar-refractivity contribution in [2.45, 2.75) is 13.8 Å². The third kappa shape index (κ3) is 6.43. The summed E-state index contributed by atoms with van der Waals surface area (Å²) in [7, 11) is 0. The van der Waals surface area contributed by atoms with Gasteiger partial charge in [0, 0.05) is 29.4 Å². The highest BCUT2D eigenvalue weighted by molar-refractivity contribution is 6.10. The highest BCUT2D eigenvalue weighted by atomic mass is 14.9. The Hall–Kier alpha value is -5.93. The van der Waals surface area contributed by atoms with Gasteiger partial charge >= 0.3 is 0 Å². The highest BCUT2D eigenvalue weighted by Gasteiger charge is 2.13. The number of aliphatic imine (C=N–C) groups is 1. The fraction of sp³-hybridized carbons (Fsp3) is 0.0682. The molecule has 7 rings (SSSR count). The van der Waals surface area contributed by atoms with E-state index in [1.54, 1.807) is 0 Å². The largest absolute Gasteiger partial charge is 0.293 e. The van der Waals surface area contributed by atoms with Crippen LogP contribution in [0.15, 0.2) is 163 Å². The summed E-state index contributed by atoms with van der Waals surface area (Å²) in [6.07, 6.45) is 4.05. The number of nitrogens with zero attached hydrogens (tertiary/aromatic N) is 3. The minimum atomic E-state index is 0.691. The predicted molar refractivity (Wildman–Crippen MR) is 199 cm³/mol. The molecule has 3 nitrogen and oxygen atoms in total. The Kier molecular flexibility index (Phi) is 8.61. The van der Waals surface area contributed by atoms with Crippen molar-refractivity contribution >= 4 is 22.6 Å². The van der Waals surface area contributed by atoms with Crippen molar-refractivity contribution in [3.63, 3.8) is 0 Å². The molecule has 0 fully saturated rings. The number of allylic oxidation sites excluding steroid dienone is 2. The molecule has 1 heterocycles. The zero-order valence-electron chi connectivity index (χ0n) is 26.6. The molecule has 0 bridgehead atoms. The van der Waals surface area contributed by atoms with Crippen LogP contribution in [-0.4, -0.2) is 22.7 Å². The minimum Gasteiger partial charge on any atom is -0.293 e. The van der Waals surface area contributed by atoms with E-state index in [4.69, 9.17) is 9.97 Å². The van der Waals surface area contributed by atoms with Crippen molar-refractivity contribution in [3.05, 3.63) is 163 Å². The summed E-state index contributed by atoms with van der Waals surface area (Å²) in [5.41, 5.74) is 11.7. The standard InChI is InChI=1S/C44H35N3/c1-3-31(30-45-4-2)36-17-10-19-38(27-36)43-29-42(35-25-23-33(24-26-35)32-13-6-5-7-14-32)46-44(47-43)39-20-11-18-37(28-39)41-22-12-16-34-15-8-9-21-40(34)41/h3,5-30H,4H2,1-2H3/b31-3+,45-30?.